The van der Waals surface area contributed by atoms with E-state index in [1.807, 2.05) is 0 Å². The van der Waals surface area contributed by atoms with Gasteiger partial charge in [0.25, 0.3) is 0 Å². The lowest BCUT2D eigenvalue weighted by Gasteiger charge is -2.23. The number of rotatable bonds is 3. The van der Waals surface area contributed by atoms with Gasteiger partial charge in [0.05, 0.1) is 0 Å². The highest BCUT2D eigenvalue weighted by atomic mass is 79.9. The molecule has 0 N–H and O–H groups in total. The molecule has 0 atom stereocenters. The fraction of sp³-hybridized carbons (Fsp3) is 0.400. The minimum atomic E-state index is -4.22. The van der Waals surface area contributed by atoms with Crippen molar-refractivity contribution in [1.29, 1.82) is 0 Å². The quantitative estimate of drug-likeness (QED) is 0.754. The zero-order valence-electron chi connectivity index (χ0n) is 8.48. The van der Waals surface area contributed by atoms with Crippen LogP contribution in [0.2, 0.25) is 5.02 Å². The highest BCUT2D eigenvalue weighted by Gasteiger charge is 2.30. The van der Waals surface area contributed by atoms with Crippen molar-refractivity contribution in [1.82, 2.24) is 0 Å². The van der Waals surface area contributed by atoms with Crippen molar-refractivity contribution >= 4 is 33.2 Å². The molecule has 0 aliphatic rings. The van der Waals surface area contributed by atoms with Crippen LogP contribution in [0.1, 0.15) is 5.56 Å². The highest BCUT2D eigenvalue weighted by Crippen LogP contribution is 2.28. The molecule has 0 aliphatic carbocycles. The molecule has 0 heterocycles. The number of hydrogen-bond acceptors (Lipinski definition) is 1. The zero-order valence-corrected chi connectivity index (χ0v) is 10.8. The van der Waals surface area contributed by atoms with Crippen LogP contribution in [0, 0.1) is 0 Å². The van der Waals surface area contributed by atoms with Crippen LogP contribution in [-0.4, -0.2) is 19.8 Å². The van der Waals surface area contributed by atoms with Crippen molar-refractivity contribution in [2.45, 2.75) is 11.5 Å². The second-order valence-corrected chi connectivity index (χ2v) is 4.38. The molecule has 0 bridgehead atoms. The third-order valence-electron chi connectivity index (χ3n) is 2.02. The number of hydrogen-bond donors (Lipinski definition) is 0. The number of nitrogens with zero attached hydrogens (tertiary/aromatic N) is 1. The lowest BCUT2D eigenvalue weighted by atomic mass is 10.2. The van der Waals surface area contributed by atoms with E-state index >= 15 is 0 Å². The van der Waals surface area contributed by atoms with Crippen LogP contribution in [0.4, 0.5) is 18.9 Å². The van der Waals surface area contributed by atoms with Gasteiger partial charge in [0.15, 0.2) is 0 Å². The molecule has 1 aromatic carbocycles. The molecule has 6 heteroatoms. The largest absolute Gasteiger partial charge is 0.405 e. The van der Waals surface area contributed by atoms with Gasteiger partial charge in [-0.15, -0.1) is 0 Å². The van der Waals surface area contributed by atoms with Crippen LogP contribution in [0.3, 0.4) is 0 Å². The molecule has 0 saturated heterocycles. The Morgan fingerprint density at radius 2 is 2.00 bits per heavy atom. The van der Waals surface area contributed by atoms with Crippen molar-refractivity contribution in [2.24, 2.45) is 0 Å². The molecule has 1 aromatic rings. The van der Waals surface area contributed by atoms with Gasteiger partial charge in [-0.25, -0.2) is 0 Å². The standard InChI is InChI=1S/C10H10BrClF3N/c1-16(6-10(13,14)15)9-4-8(12)3-2-7(9)5-11/h2-4H,5-6H2,1H3. The number of alkyl halides is 4. The summed E-state index contributed by atoms with van der Waals surface area (Å²) in [6.45, 7) is -0.993. The minimum Gasteiger partial charge on any atom is -0.365 e. The summed E-state index contributed by atoms with van der Waals surface area (Å²) in [5.74, 6) is 0. The Balaban J connectivity index is 2.97. The Hall–Kier alpha value is -0.420. The number of anilines is 1. The van der Waals surface area contributed by atoms with E-state index in [0.29, 0.717) is 16.0 Å². The summed E-state index contributed by atoms with van der Waals surface area (Å²) in [5, 5.41) is 0.913. The molecule has 0 aliphatic heterocycles. The van der Waals surface area contributed by atoms with E-state index in [1.165, 1.54) is 13.1 Å². The SMILES string of the molecule is CN(CC(F)(F)F)c1cc(Cl)ccc1CBr. The molecule has 1 rings (SSSR count). The average Bonchev–Trinajstić information content (AvgIpc) is 2.15. The normalized spacial score (nSPS) is 11.6. The van der Waals surface area contributed by atoms with Crippen LogP contribution < -0.4 is 4.90 Å². The van der Waals surface area contributed by atoms with E-state index < -0.39 is 12.7 Å². The van der Waals surface area contributed by atoms with Crippen molar-refractivity contribution in [3.05, 3.63) is 28.8 Å². The van der Waals surface area contributed by atoms with E-state index in [4.69, 9.17) is 11.6 Å². The molecular formula is C10H10BrClF3N. The molecular weight excluding hydrogens is 306 g/mol. The topological polar surface area (TPSA) is 3.24 Å². The molecule has 0 fully saturated rings. The Labute approximate surface area is 105 Å². The second kappa shape index (κ2) is 5.27. The number of benzene rings is 1. The van der Waals surface area contributed by atoms with Gasteiger partial charge in [0.2, 0.25) is 0 Å². The molecule has 1 nitrogen and oxygen atoms in total. The van der Waals surface area contributed by atoms with Crippen molar-refractivity contribution < 1.29 is 13.2 Å². The molecule has 16 heavy (non-hydrogen) atoms. The van der Waals surface area contributed by atoms with Gasteiger partial charge in [-0.2, -0.15) is 13.2 Å². The van der Waals surface area contributed by atoms with Crippen LogP contribution in [0.25, 0.3) is 0 Å². The number of halogens is 5. The van der Waals surface area contributed by atoms with Gasteiger partial charge in [-0.1, -0.05) is 33.6 Å². The molecule has 0 aromatic heterocycles. The lowest BCUT2D eigenvalue weighted by Crippen LogP contribution is -2.31. The Morgan fingerprint density at radius 3 is 2.50 bits per heavy atom. The molecule has 0 radical (unpaired) electrons. The first-order chi connectivity index (χ1) is 7.33. The smallest absolute Gasteiger partial charge is 0.365 e. The fourth-order valence-electron chi connectivity index (χ4n) is 1.36. The van der Waals surface area contributed by atoms with Gasteiger partial charge in [-0.05, 0) is 17.7 Å². The monoisotopic (exact) mass is 315 g/mol. The first-order valence-electron chi connectivity index (χ1n) is 4.46. The van der Waals surface area contributed by atoms with E-state index in [1.54, 1.807) is 12.1 Å². The third kappa shape index (κ3) is 3.87. The Morgan fingerprint density at radius 1 is 1.38 bits per heavy atom. The molecule has 0 spiro atoms. The summed E-state index contributed by atoms with van der Waals surface area (Å²) in [6.07, 6.45) is -4.22. The predicted molar refractivity (Wildman–Crippen MR) is 63.4 cm³/mol. The summed E-state index contributed by atoms with van der Waals surface area (Å²) in [7, 11) is 1.39. The molecule has 90 valence electrons. The summed E-state index contributed by atoms with van der Waals surface area (Å²) >= 11 is 9.00. The van der Waals surface area contributed by atoms with E-state index in [2.05, 4.69) is 15.9 Å². The molecule has 0 unspecified atom stereocenters. The van der Waals surface area contributed by atoms with Crippen LogP contribution in [0.15, 0.2) is 18.2 Å². The van der Waals surface area contributed by atoms with Crippen LogP contribution in [-0.2, 0) is 5.33 Å². The van der Waals surface area contributed by atoms with E-state index in [-0.39, 0.29) is 0 Å². The molecule has 0 saturated carbocycles. The van der Waals surface area contributed by atoms with E-state index in [0.717, 1.165) is 10.5 Å². The van der Waals surface area contributed by atoms with Crippen molar-refractivity contribution in [3.8, 4) is 0 Å². The average molecular weight is 317 g/mol. The first-order valence-corrected chi connectivity index (χ1v) is 5.95. The Kier molecular flexibility index (Phi) is 4.50. The summed E-state index contributed by atoms with van der Waals surface area (Å²) in [6, 6.07) is 4.90. The van der Waals surface area contributed by atoms with Gasteiger partial charge in [0, 0.05) is 23.1 Å². The highest BCUT2D eigenvalue weighted by molar-refractivity contribution is 9.08. The Bertz CT molecular complexity index is 368. The van der Waals surface area contributed by atoms with Gasteiger partial charge in [0.1, 0.15) is 6.54 Å². The first kappa shape index (κ1) is 13.6. The predicted octanol–water partition coefficient (Wildman–Crippen LogP) is 4.23. The fourth-order valence-corrected chi connectivity index (χ4v) is 2.00. The van der Waals surface area contributed by atoms with Crippen molar-refractivity contribution in [3.63, 3.8) is 0 Å². The maximum absolute atomic E-state index is 12.2. The van der Waals surface area contributed by atoms with Crippen molar-refractivity contribution in [2.75, 3.05) is 18.5 Å². The van der Waals surface area contributed by atoms with Gasteiger partial charge < -0.3 is 4.90 Å². The van der Waals surface area contributed by atoms with Gasteiger partial charge in [-0.3, -0.25) is 0 Å². The third-order valence-corrected chi connectivity index (χ3v) is 2.86. The lowest BCUT2D eigenvalue weighted by molar-refractivity contribution is -0.119. The maximum Gasteiger partial charge on any atom is 0.405 e. The van der Waals surface area contributed by atoms with Crippen LogP contribution >= 0.6 is 27.5 Å². The maximum atomic E-state index is 12.2. The summed E-state index contributed by atoms with van der Waals surface area (Å²) < 4.78 is 36.7. The minimum absolute atomic E-state index is 0.425. The van der Waals surface area contributed by atoms with Gasteiger partial charge >= 0.3 is 6.18 Å². The summed E-state index contributed by atoms with van der Waals surface area (Å²) in [5.41, 5.74) is 1.26. The summed E-state index contributed by atoms with van der Waals surface area (Å²) in [4.78, 5) is 1.14. The molecule has 0 amide bonds. The zero-order chi connectivity index (χ0) is 12.3. The van der Waals surface area contributed by atoms with Crippen LogP contribution in [0.5, 0.6) is 0 Å². The van der Waals surface area contributed by atoms with E-state index in [9.17, 15) is 13.2 Å². The second-order valence-electron chi connectivity index (χ2n) is 3.38.